The molecule has 27 heavy (non-hydrogen) atoms. The largest absolute Gasteiger partial charge is 0.411 e. The molecular formula is C18H15N5O2S2. The molecule has 136 valence electrons. The van der Waals surface area contributed by atoms with Crippen LogP contribution >= 0.6 is 23.1 Å². The Morgan fingerprint density at radius 1 is 1.22 bits per heavy atom. The maximum Gasteiger partial charge on any atom is 0.277 e. The molecule has 0 aliphatic heterocycles. The van der Waals surface area contributed by atoms with Crippen molar-refractivity contribution in [1.29, 1.82) is 0 Å². The van der Waals surface area contributed by atoms with Crippen LogP contribution < -0.4 is 0 Å². The second kappa shape index (κ2) is 7.45. The molecule has 0 saturated heterocycles. The van der Waals surface area contributed by atoms with Crippen LogP contribution in [0.25, 0.3) is 16.6 Å². The maximum atomic E-state index is 12.7. The second-order valence-corrected chi connectivity index (χ2v) is 7.56. The van der Waals surface area contributed by atoms with E-state index >= 15 is 0 Å². The van der Waals surface area contributed by atoms with Crippen LogP contribution in [0.4, 0.5) is 0 Å². The van der Waals surface area contributed by atoms with Crippen LogP contribution in [0, 0.1) is 13.8 Å². The number of thiazole rings is 1. The quantitative estimate of drug-likeness (QED) is 0.359. The Morgan fingerprint density at radius 2 is 2.04 bits per heavy atom. The highest BCUT2D eigenvalue weighted by molar-refractivity contribution is 7.99. The summed E-state index contributed by atoms with van der Waals surface area (Å²) >= 11 is 2.77. The number of nitrogens with zero attached hydrogens (tertiary/aromatic N) is 5. The Morgan fingerprint density at radius 3 is 2.78 bits per heavy atom. The topological polar surface area (TPSA) is 86.7 Å². The van der Waals surface area contributed by atoms with Gasteiger partial charge >= 0.3 is 0 Å². The van der Waals surface area contributed by atoms with Gasteiger partial charge < -0.3 is 4.42 Å². The average Bonchev–Trinajstić information content (AvgIpc) is 3.41. The van der Waals surface area contributed by atoms with Gasteiger partial charge in [0.05, 0.1) is 5.75 Å². The van der Waals surface area contributed by atoms with Gasteiger partial charge in [-0.15, -0.1) is 21.5 Å². The van der Waals surface area contributed by atoms with Crippen LogP contribution in [0.2, 0.25) is 0 Å². The monoisotopic (exact) mass is 397 g/mol. The van der Waals surface area contributed by atoms with Gasteiger partial charge in [0, 0.05) is 46.5 Å². The molecule has 0 N–H and O–H groups in total. The van der Waals surface area contributed by atoms with E-state index in [-0.39, 0.29) is 11.5 Å². The molecule has 9 heteroatoms. The van der Waals surface area contributed by atoms with Gasteiger partial charge in [-0.25, -0.2) is 4.98 Å². The molecule has 0 saturated carbocycles. The van der Waals surface area contributed by atoms with Crippen molar-refractivity contribution >= 4 is 28.9 Å². The number of rotatable bonds is 6. The van der Waals surface area contributed by atoms with E-state index in [1.807, 2.05) is 29.9 Å². The van der Waals surface area contributed by atoms with Crippen molar-refractivity contribution in [2.24, 2.45) is 0 Å². The lowest BCUT2D eigenvalue weighted by Crippen LogP contribution is -2.05. The lowest BCUT2D eigenvalue weighted by molar-refractivity contribution is 0.102. The zero-order valence-corrected chi connectivity index (χ0v) is 16.3. The van der Waals surface area contributed by atoms with Crippen LogP contribution in [-0.4, -0.2) is 36.3 Å². The van der Waals surface area contributed by atoms with E-state index in [9.17, 15) is 4.79 Å². The number of hydrogen-bond acceptors (Lipinski definition) is 8. The van der Waals surface area contributed by atoms with Crippen molar-refractivity contribution in [3.05, 3.63) is 59.1 Å². The first kappa shape index (κ1) is 17.6. The van der Waals surface area contributed by atoms with Gasteiger partial charge in [-0.2, -0.15) is 0 Å². The van der Waals surface area contributed by atoms with Crippen molar-refractivity contribution in [2.45, 2.75) is 19.1 Å². The molecule has 0 aliphatic rings. The van der Waals surface area contributed by atoms with E-state index < -0.39 is 0 Å². The van der Waals surface area contributed by atoms with Crippen molar-refractivity contribution in [3.8, 4) is 16.6 Å². The average molecular weight is 397 g/mol. The second-order valence-electron chi connectivity index (χ2n) is 5.76. The standard InChI is InChI=1S/C18H15N5O2S2/c1-11-9-14(12(2)23(11)17-20-7-8-26-17)15(24)10-27-18-22-21-16(25-18)13-3-5-19-6-4-13/h3-9H,10H2,1-2H3. The molecule has 0 spiro atoms. The number of hydrogen-bond donors (Lipinski definition) is 0. The Balaban J connectivity index is 1.48. The molecule has 0 radical (unpaired) electrons. The normalized spacial score (nSPS) is 11.0. The van der Waals surface area contributed by atoms with Gasteiger partial charge in [-0.1, -0.05) is 11.8 Å². The van der Waals surface area contributed by atoms with Crippen molar-refractivity contribution in [3.63, 3.8) is 0 Å². The highest BCUT2D eigenvalue weighted by Gasteiger charge is 2.19. The minimum absolute atomic E-state index is 0.0135. The first-order chi connectivity index (χ1) is 13.1. The molecule has 0 aliphatic carbocycles. The summed E-state index contributed by atoms with van der Waals surface area (Å²) < 4.78 is 7.62. The first-order valence-corrected chi connectivity index (χ1v) is 9.98. The summed E-state index contributed by atoms with van der Waals surface area (Å²) in [6.45, 7) is 3.90. The van der Waals surface area contributed by atoms with E-state index in [1.54, 1.807) is 30.7 Å². The summed E-state index contributed by atoms with van der Waals surface area (Å²) in [4.78, 5) is 21.0. The molecule has 0 atom stereocenters. The molecule has 4 heterocycles. The third kappa shape index (κ3) is 3.56. The SMILES string of the molecule is Cc1cc(C(=O)CSc2nnc(-c3ccncc3)o2)c(C)n1-c1nccs1. The van der Waals surface area contributed by atoms with Crippen LogP contribution in [0.3, 0.4) is 0 Å². The van der Waals surface area contributed by atoms with Crippen molar-refractivity contribution in [2.75, 3.05) is 5.75 Å². The molecule has 0 unspecified atom stereocenters. The summed E-state index contributed by atoms with van der Waals surface area (Å²) in [6, 6.07) is 5.48. The Labute approximate surface area is 163 Å². The predicted molar refractivity (Wildman–Crippen MR) is 103 cm³/mol. The number of carbonyl (C=O) groups excluding carboxylic acids is 1. The fourth-order valence-corrected chi connectivity index (χ4v) is 4.15. The first-order valence-electron chi connectivity index (χ1n) is 8.12. The fraction of sp³-hybridized carbons (Fsp3) is 0.167. The molecule has 0 aromatic carbocycles. The smallest absolute Gasteiger partial charge is 0.277 e. The van der Waals surface area contributed by atoms with E-state index in [0.717, 1.165) is 22.1 Å². The number of Topliss-reactive ketones (excluding diaryl/α,β-unsaturated/α-hetero) is 1. The highest BCUT2D eigenvalue weighted by Crippen LogP contribution is 2.26. The summed E-state index contributed by atoms with van der Waals surface area (Å²) in [5.41, 5.74) is 3.34. The molecule has 4 aromatic rings. The summed E-state index contributed by atoms with van der Waals surface area (Å²) in [5, 5.41) is 11.2. The van der Waals surface area contributed by atoms with Crippen LogP contribution in [0.5, 0.6) is 0 Å². The molecule has 4 aromatic heterocycles. The Kier molecular flexibility index (Phi) is 4.87. The molecule has 0 amide bonds. The molecule has 0 bridgehead atoms. The zero-order chi connectivity index (χ0) is 18.8. The highest BCUT2D eigenvalue weighted by atomic mass is 32.2. The molecule has 0 fully saturated rings. The summed E-state index contributed by atoms with van der Waals surface area (Å²) in [6.07, 6.45) is 5.08. The lowest BCUT2D eigenvalue weighted by atomic mass is 10.2. The Hall–Kier alpha value is -2.78. The molecular weight excluding hydrogens is 382 g/mol. The van der Waals surface area contributed by atoms with Gasteiger partial charge in [-0.05, 0) is 32.0 Å². The van der Waals surface area contributed by atoms with Gasteiger partial charge in [0.15, 0.2) is 10.9 Å². The van der Waals surface area contributed by atoms with E-state index in [2.05, 4.69) is 20.2 Å². The van der Waals surface area contributed by atoms with Crippen LogP contribution in [-0.2, 0) is 0 Å². The molecule has 4 rings (SSSR count). The van der Waals surface area contributed by atoms with Gasteiger partial charge in [0.1, 0.15) is 0 Å². The third-order valence-corrected chi connectivity index (χ3v) is 5.58. The number of thioether (sulfide) groups is 1. The van der Waals surface area contributed by atoms with Crippen LogP contribution in [0.1, 0.15) is 21.7 Å². The number of ketones is 1. The van der Waals surface area contributed by atoms with Crippen molar-refractivity contribution in [1.82, 2.24) is 24.7 Å². The number of aryl methyl sites for hydroxylation is 1. The Bertz CT molecular complexity index is 1070. The molecule has 7 nitrogen and oxygen atoms in total. The van der Waals surface area contributed by atoms with E-state index in [4.69, 9.17) is 4.42 Å². The lowest BCUT2D eigenvalue weighted by Gasteiger charge is -2.05. The summed E-state index contributed by atoms with van der Waals surface area (Å²) in [7, 11) is 0. The minimum Gasteiger partial charge on any atom is -0.411 e. The number of carbonyl (C=O) groups is 1. The van der Waals surface area contributed by atoms with Gasteiger partial charge in [-0.3, -0.25) is 14.3 Å². The van der Waals surface area contributed by atoms with Gasteiger partial charge in [0.2, 0.25) is 5.89 Å². The van der Waals surface area contributed by atoms with Crippen molar-refractivity contribution < 1.29 is 9.21 Å². The summed E-state index contributed by atoms with van der Waals surface area (Å²) in [5.74, 6) is 0.647. The third-order valence-electron chi connectivity index (χ3n) is 4.00. The zero-order valence-electron chi connectivity index (χ0n) is 14.6. The van der Waals surface area contributed by atoms with E-state index in [0.29, 0.717) is 16.7 Å². The maximum absolute atomic E-state index is 12.7. The number of aromatic nitrogens is 5. The van der Waals surface area contributed by atoms with E-state index in [1.165, 1.54) is 23.1 Å². The predicted octanol–water partition coefficient (Wildman–Crippen LogP) is 3.97. The van der Waals surface area contributed by atoms with Gasteiger partial charge in [0.25, 0.3) is 5.22 Å². The fourth-order valence-electron chi connectivity index (χ4n) is 2.75. The van der Waals surface area contributed by atoms with Crippen LogP contribution in [0.15, 0.2) is 51.8 Å². The minimum atomic E-state index is 0.0135. The number of pyridine rings is 1.